The number of phenols is 1. The molecular weight excluding hydrogens is 258 g/mol. The van der Waals surface area contributed by atoms with E-state index in [0.29, 0.717) is 18.3 Å². The molecule has 2 N–H and O–H groups in total. The van der Waals surface area contributed by atoms with Gasteiger partial charge >= 0.3 is 0 Å². The topological polar surface area (TPSA) is 80.4 Å². The highest BCUT2D eigenvalue weighted by Crippen LogP contribution is 2.20. The van der Waals surface area contributed by atoms with Gasteiger partial charge in [0.05, 0.1) is 6.10 Å². The quantitative estimate of drug-likeness (QED) is 0.884. The highest BCUT2D eigenvalue weighted by Gasteiger charge is 2.15. The molecule has 1 aromatic heterocycles. The molecule has 0 amide bonds. The summed E-state index contributed by atoms with van der Waals surface area (Å²) in [5, 5.41) is 16.6. The monoisotopic (exact) mass is 275 g/mol. The number of piperidine rings is 1. The van der Waals surface area contributed by atoms with Crippen LogP contribution < -0.4 is 5.32 Å². The number of ether oxygens (including phenoxy) is 1. The standard InChI is InChI=1S/C14H17N3O3/c18-11-3-1-2-10(8-11)14-16-13(20-17-14)9-19-12-4-6-15-7-5-12/h1-3,8,12,15,18H,4-7,9H2. The molecule has 2 aromatic rings. The highest BCUT2D eigenvalue weighted by atomic mass is 16.5. The van der Waals surface area contributed by atoms with E-state index < -0.39 is 0 Å². The second-order valence-corrected chi connectivity index (χ2v) is 4.82. The molecule has 2 heterocycles. The Kier molecular flexibility index (Phi) is 3.94. The molecule has 6 heteroatoms. The second-order valence-electron chi connectivity index (χ2n) is 4.82. The molecular formula is C14H17N3O3. The van der Waals surface area contributed by atoms with Gasteiger partial charge in [0.1, 0.15) is 12.4 Å². The lowest BCUT2D eigenvalue weighted by molar-refractivity contribution is 0.00859. The predicted octanol–water partition coefficient (Wildman–Crippen LogP) is 1.71. The van der Waals surface area contributed by atoms with Crippen LogP contribution in [0, 0.1) is 0 Å². The van der Waals surface area contributed by atoms with Gasteiger partial charge in [-0.1, -0.05) is 17.3 Å². The number of hydrogen-bond acceptors (Lipinski definition) is 6. The van der Waals surface area contributed by atoms with Gasteiger partial charge in [-0.3, -0.25) is 0 Å². The molecule has 1 aliphatic heterocycles. The van der Waals surface area contributed by atoms with Gasteiger partial charge < -0.3 is 19.7 Å². The maximum absolute atomic E-state index is 9.44. The van der Waals surface area contributed by atoms with Crippen LogP contribution in [0.15, 0.2) is 28.8 Å². The first-order valence-corrected chi connectivity index (χ1v) is 6.75. The Hall–Kier alpha value is -1.92. The number of phenolic OH excluding ortho intramolecular Hbond substituents is 1. The minimum absolute atomic E-state index is 0.180. The van der Waals surface area contributed by atoms with Crippen molar-refractivity contribution in [3.63, 3.8) is 0 Å². The highest BCUT2D eigenvalue weighted by molar-refractivity contribution is 5.56. The summed E-state index contributed by atoms with van der Waals surface area (Å²) in [6.45, 7) is 2.31. The van der Waals surface area contributed by atoms with E-state index in [2.05, 4.69) is 15.5 Å². The number of rotatable bonds is 4. The third-order valence-electron chi connectivity index (χ3n) is 3.30. The van der Waals surface area contributed by atoms with Crippen molar-refractivity contribution < 1.29 is 14.4 Å². The average Bonchev–Trinajstić information content (AvgIpc) is 2.95. The van der Waals surface area contributed by atoms with Crippen molar-refractivity contribution in [1.82, 2.24) is 15.5 Å². The van der Waals surface area contributed by atoms with E-state index in [1.807, 2.05) is 6.07 Å². The van der Waals surface area contributed by atoms with E-state index in [-0.39, 0.29) is 11.9 Å². The van der Waals surface area contributed by atoms with E-state index >= 15 is 0 Å². The summed E-state index contributed by atoms with van der Waals surface area (Å²) in [6, 6.07) is 6.77. The molecule has 0 saturated carbocycles. The summed E-state index contributed by atoms with van der Waals surface area (Å²) in [4.78, 5) is 4.28. The Morgan fingerprint density at radius 1 is 1.35 bits per heavy atom. The zero-order valence-corrected chi connectivity index (χ0v) is 11.1. The van der Waals surface area contributed by atoms with E-state index in [1.165, 1.54) is 0 Å². The Morgan fingerprint density at radius 3 is 3.00 bits per heavy atom. The first-order valence-electron chi connectivity index (χ1n) is 6.75. The molecule has 0 aliphatic carbocycles. The van der Waals surface area contributed by atoms with E-state index in [0.717, 1.165) is 31.5 Å². The SMILES string of the molecule is Oc1cccc(-c2noc(COC3CCNCC3)n2)c1. The van der Waals surface area contributed by atoms with Gasteiger partial charge in [-0.25, -0.2) is 0 Å². The maximum Gasteiger partial charge on any atom is 0.252 e. The van der Waals surface area contributed by atoms with Crippen LogP contribution in [-0.4, -0.2) is 34.4 Å². The number of benzene rings is 1. The molecule has 0 unspecified atom stereocenters. The molecule has 0 atom stereocenters. The molecule has 1 fully saturated rings. The van der Waals surface area contributed by atoms with Crippen molar-refractivity contribution in [3.8, 4) is 17.1 Å². The lowest BCUT2D eigenvalue weighted by atomic mass is 10.1. The lowest BCUT2D eigenvalue weighted by Gasteiger charge is -2.21. The number of nitrogens with one attached hydrogen (secondary N) is 1. The molecule has 3 rings (SSSR count). The average molecular weight is 275 g/mol. The summed E-state index contributed by atoms with van der Waals surface area (Å²) >= 11 is 0. The van der Waals surface area contributed by atoms with Gasteiger partial charge in [0, 0.05) is 5.56 Å². The summed E-state index contributed by atoms with van der Waals surface area (Å²) in [7, 11) is 0. The summed E-state index contributed by atoms with van der Waals surface area (Å²) in [5.74, 6) is 1.10. The van der Waals surface area contributed by atoms with Gasteiger partial charge in [0.15, 0.2) is 0 Å². The molecule has 0 bridgehead atoms. The first-order chi connectivity index (χ1) is 9.81. The fourth-order valence-corrected chi connectivity index (χ4v) is 2.23. The second kappa shape index (κ2) is 6.02. The molecule has 6 nitrogen and oxygen atoms in total. The fourth-order valence-electron chi connectivity index (χ4n) is 2.23. The largest absolute Gasteiger partial charge is 0.508 e. The maximum atomic E-state index is 9.44. The summed E-state index contributed by atoms with van der Waals surface area (Å²) < 4.78 is 10.9. The fraction of sp³-hybridized carbons (Fsp3) is 0.429. The Labute approximate surface area is 116 Å². The van der Waals surface area contributed by atoms with E-state index in [1.54, 1.807) is 18.2 Å². The normalized spacial score (nSPS) is 16.4. The molecule has 1 saturated heterocycles. The van der Waals surface area contributed by atoms with Crippen molar-refractivity contribution in [2.75, 3.05) is 13.1 Å². The van der Waals surface area contributed by atoms with Crippen molar-refractivity contribution in [3.05, 3.63) is 30.2 Å². The molecule has 20 heavy (non-hydrogen) atoms. The van der Waals surface area contributed by atoms with Crippen molar-refractivity contribution in [1.29, 1.82) is 0 Å². The predicted molar refractivity (Wildman–Crippen MR) is 72.1 cm³/mol. The van der Waals surface area contributed by atoms with Gasteiger partial charge in [-0.15, -0.1) is 0 Å². The minimum atomic E-state index is 0.180. The Balaban J connectivity index is 1.61. The van der Waals surface area contributed by atoms with Crippen molar-refractivity contribution in [2.45, 2.75) is 25.6 Å². The first kappa shape index (κ1) is 13.1. The van der Waals surface area contributed by atoms with Crippen molar-refractivity contribution >= 4 is 0 Å². The molecule has 1 aliphatic rings. The van der Waals surface area contributed by atoms with Crippen LogP contribution in [0.3, 0.4) is 0 Å². The smallest absolute Gasteiger partial charge is 0.252 e. The third-order valence-corrected chi connectivity index (χ3v) is 3.30. The Bertz CT molecular complexity index is 564. The minimum Gasteiger partial charge on any atom is -0.508 e. The summed E-state index contributed by atoms with van der Waals surface area (Å²) in [6.07, 6.45) is 2.27. The zero-order valence-electron chi connectivity index (χ0n) is 11.1. The van der Waals surface area contributed by atoms with Crippen LogP contribution in [0.25, 0.3) is 11.4 Å². The van der Waals surface area contributed by atoms with Crippen LogP contribution in [0.2, 0.25) is 0 Å². The summed E-state index contributed by atoms with van der Waals surface area (Å²) in [5.41, 5.74) is 0.724. The third kappa shape index (κ3) is 3.15. The van der Waals surface area contributed by atoms with Crippen molar-refractivity contribution in [2.24, 2.45) is 0 Å². The van der Waals surface area contributed by atoms with Gasteiger partial charge in [-0.05, 0) is 38.1 Å². The van der Waals surface area contributed by atoms with Gasteiger partial charge in [0.25, 0.3) is 5.89 Å². The van der Waals surface area contributed by atoms with Crippen LogP contribution >= 0.6 is 0 Å². The number of aromatic nitrogens is 2. The molecule has 1 aromatic carbocycles. The Morgan fingerprint density at radius 2 is 2.20 bits per heavy atom. The number of aromatic hydroxyl groups is 1. The van der Waals surface area contributed by atoms with E-state index in [4.69, 9.17) is 9.26 Å². The lowest BCUT2D eigenvalue weighted by Crippen LogP contribution is -2.32. The van der Waals surface area contributed by atoms with Crippen LogP contribution in [-0.2, 0) is 11.3 Å². The van der Waals surface area contributed by atoms with Crippen LogP contribution in [0.4, 0.5) is 0 Å². The molecule has 0 spiro atoms. The van der Waals surface area contributed by atoms with E-state index in [9.17, 15) is 5.11 Å². The zero-order chi connectivity index (χ0) is 13.8. The van der Waals surface area contributed by atoms with Crippen LogP contribution in [0.5, 0.6) is 5.75 Å². The molecule has 0 radical (unpaired) electrons. The van der Waals surface area contributed by atoms with Gasteiger partial charge in [-0.2, -0.15) is 4.98 Å². The number of hydrogen-bond donors (Lipinski definition) is 2. The van der Waals surface area contributed by atoms with Gasteiger partial charge in [0.2, 0.25) is 5.82 Å². The van der Waals surface area contributed by atoms with Crippen LogP contribution in [0.1, 0.15) is 18.7 Å². The molecule has 106 valence electrons. The number of nitrogens with zero attached hydrogens (tertiary/aromatic N) is 2.